The van der Waals surface area contributed by atoms with Crippen molar-refractivity contribution in [3.63, 3.8) is 0 Å². The zero-order chi connectivity index (χ0) is 16.7. The lowest BCUT2D eigenvalue weighted by molar-refractivity contribution is -0.139. The first-order chi connectivity index (χ1) is 11.1. The summed E-state index contributed by atoms with van der Waals surface area (Å²) in [6.45, 7) is 2.77. The third kappa shape index (κ3) is 5.10. The molecule has 5 nitrogen and oxygen atoms in total. The first-order valence-corrected chi connectivity index (χ1v) is 7.32. The Morgan fingerprint density at radius 2 is 2.17 bits per heavy atom. The van der Waals surface area contributed by atoms with Gasteiger partial charge in [-0.1, -0.05) is 6.07 Å². The second-order valence-electron chi connectivity index (χ2n) is 5.05. The van der Waals surface area contributed by atoms with E-state index in [9.17, 15) is 9.18 Å². The fourth-order valence-corrected chi connectivity index (χ4v) is 2.11. The van der Waals surface area contributed by atoms with E-state index in [1.165, 1.54) is 18.2 Å². The van der Waals surface area contributed by atoms with Crippen LogP contribution in [-0.2, 0) is 16.1 Å². The van der Waals surface area contributed by atoms with E-state index in [1.807, 2.05) is 0 Å². The highest BCUT2D eigenvalue weighted by molar-refractivity contribution is 5.80. The van der Waals surface area contributed by atoms with Gasteiger partial charge < -0.3 is 18.8 Å². The summed E-state index contributed by atoms with van der Waals surface area (Å²) < 4.78 is 29.0. The highest BCUT2D eigenvalue weighted by Crippen LogP contribution is 2.15. The Bertz CT molecular complexity index is 615. The minimum absolute atomic E-state index is 0.220. The van der Waals surface area contributed by atoms with Gasteiger partial charge in [0.1, 0.15) is 17.3 Å². The zero-order valence-electron chi connectivity index (χ0n) is 13.2. The van der Waals surface area contributed by atoms with E-state index >= 15 is 0 Å². The number of amides is 1. The summed E-state index contributed by atoms with van der Waals surface area (Å²) in [5.41, 5.74) is 0. The molecule has 0 N–H and O–H groups in total. The summed E-state index contributed by atoms with van der Waals surface area (Å²) in [4.78, 5) is 14.2. The molecule has 0 fully saturated rings. The van der Waals surface area contributed by atoms with Crippen LogP contribution in [0.25, 0.3) is 0 Å². The Balaban J connectivity index is 2.02. The van der Waals surface area contributed by atoms with E-state index in [1.54, 1.807) is 43.4 Å². The van der Waals surface area contributed by atoms with Crippen LogP contribution in [0, 0.1) is 5.82 Å². The summed E-state index contributed by atoms with van der Waals surface area (Å²) in [5, 5.41) is 0. The molecular weight excluding hydrogens is 301 g/mol. The summed E-state index contributed by atoms with van der Waals surface area (Å²) in [7, 11) is 1.57. The van der Waals surface area contributed by atoms with E-state index in [2.05, 4.69) is 0 Å². The average Bonchev–Trinajstić information content (AvgIpc) is 3.03. The summed E-state index contributed by atoms with van der Waals surface area (Å²) in [5.74, 6) is 0.361. The van der Waals surface area contributed by atoms with Gasteiger partial charge in [0, 0.05) is 19.7 Å². The molecule has 1 unspecified atom stereocenters. The lowest BCUT2D eigenvalue weighted by Gasteiger charge is -2.25. The second kappa shape index (κ2) is 8.33. The van der Waals surface area contributed by atoms with E-state index < -0.39 is 11.9 Å². The van der Waals surface area contributed by atoms with Gasteiger partial charge in [0.15, 0.2) is 6.10 Å². The van der Waals surface area contributed by atoms with E-state index in [4.69, 9.17) is 13.9 Å². The Morgan fingerprint density at radius 3 is 2.83 bits per heavy atom. The molecular formula is C17H20FNO4. The Labute approximate surface area is 134 Å². The third-order valence-corrected chi connectivity index (χ3v) is 3.26. The minimum Gasteiger partial charge on any atom is -0.481 e. The van der Waals surface area contributed by atoms with Gasteiger partial charge in [-0.2, -0.15) is 0 Å². The number of benzene rings is 1. The molecule has 0 aliphatic carbocycles. The van der Waals surface area contributed by atoms with Crippen molar-refractivity contribution in [2.24, 2.45) is 0 Å². The van der Waals surface area contributed by atoms with Crippen molar-refractivity contribution >= 4 is 5.91 Å². The number of rotatable bonds is 8. The number of hydrogen-bond donors (Lipinski definition) is 0. The van der Waals surface area contributed by atoms with Crippen molar-refractivity contribution < 1.29 is 23.1 Å². The van der Waals surface area contributed by atoms with E-state index in [-0.39, 0.29) is 5.91 Å². The maximum absolute atomic E-state index is 13.2. The molecule has 124 valence electrons. The monoisotopic (exact) mass is 321 g/mol. The largest absolute Gasteiger partial charge is 0.481 e. The molecule has 0 saturated carbocycles. The van der Waals surface area contributed by atoms with Crippen molar-refractivity contribution in [1.82, 2.24) is 4.90 Å². The van der Waals surface area contributed by atoms with Crippen LogP contribution >= 0.6 is 0 Å². The first-order valence-electron chi connectivity index (χ1n) is 7.32. The van der Waals surface area contributed by atoms with Gasteiger partial charge in [0.25, 0.3) is 5.91 Å². The van der Waals surface area contributed by atoms with Gasteiger partial charge in [-0.15, -0.1) is 0 Å². The predicted molar refractivity (Wildman–Crippen MR) is 82.5 cm³/mol. The fraction of sp³-hybridized carbons (Fsp3) is 0.353. The second-order valence-corrected chi connectivity index (χ2v) is 5.05. The van der Waals surface area contributed by atoms with Crippen molar-refractivity contribution in [3.05, 3.63) is 54.2 Å². The van der Waals surface area contributed by atoms with Gasteiger partial charge in [0.05, 0.1) is 19.4 Å². The molecule has 0 aliphatic rings. The standard InChI is InChI=1S/C17H20FNO4/c1-13(23-15-6-3-5-14(18)11-15)17(20)19(8-10-21-2)12-16-7-4-9-22-16/h3-7,9,11,13H,8,10,12H2,1-2H3. The van der Waals surface area contributed by atoms with Crippen LogP contribution in [0.3, 0.4) is 0 Å². The van der Waals surface area contributed by atoms with Gasteiger partial charge in [-0.05, 0) is 31.2 Å². The van der Waals surface area contributed by atoms with Gasteiger partial charge in [-0.25, -0.2) is 4.39 Å². The Morgan fingerprint density at radius 1 is 1.35 bits per heavy atom. The lowest BCUT2D eigenvalue weighted by Crippen LogP contribution is -2.41. The van der Waals surface area contributed by atoms with Gasteiger partial charge in [0.2, 0.25) is 0 Å². The number of halogens is 1. The van der Waals surface area contributed by atoms with Crippen LogP contribution in [0.1, 0.15) is 12.7 Å². The number of ether oxygens (including phenoxy) is 2. The van der Waals surface area contributed by atoms with Crippen LogP contribution < -0.4 is 4.74 Å². The van der Waals surface area contributed by atoms with Gasteiger partial charge >= 0.3 is 0 Å². The SMILES string of the molecule is COCCN(Cc1ccco1)C(=O)C(C)Oc1cccc(F)c1. The molecule has 2 aromatic rings. The molecule has 1 amide bonds. The lowest BCUT2D eigenvalue weighted by atomic mass is 10.3. The maximum atomic E-state index is 13.2. The number of nitrogens with zero attached hydrogens (tertiary/aromatic N) is 1. The van der Waals surface area contributed by atoms with Crippen LogP contribution in [-0.4, -0.2) is 37.2 Å². The van der Waals surface area contributed by atoms with Gasteiger partial charge in [-0.3, -0.25) is 4.79 Å². The molecule has 0 radical (unpaired) electrons. The third-order valence-electron chi connectivity index (χ3n) is 3.26. The molecule has 23 heavy (non-hydrogen) atoms. The summed E-state index contributed by atoms with van der Waals surface area (Å²) in [6.07, 6.45) is 0.810. The van der Waals surface area contributed by atoms with Crippen molar-refractivity contribution in [2.45, 2.75) is 19.6 Å². The van der Waals surface area contributed by atoms with Crippen LogP contribution in [0.5, 0.6) is 5.75 Å². The average molecular weight is 321 g/mol. The molecule has 1 aromatic heterocycles. The first kappa shape index (κ1) is 17.0. The maximum Gasteiger partial charge on any atom is 0.263 e. The molecule has 2 rings (SSSR count). The molecule has 6 heteroatoms. The molecule has 0 bridgehead atoms. The molecule has 0 saturated heterocycles. The Hall–Kier alpha value is -2.34. The number of hydrogen-bond acceptors (Lipinski definition) is 4. The summed E-state index contributed by atoms with van der Waals surface area (Å²) in [6, 6.07) is 9.27. The van der Waals surface area contributed by atoms with Crippen LogP contribution in [0.4, 0.5) is 4.39 Å². The van der Waals surface area contributed by atoms with Crippen molar-refractivity contribution in [3.8, 4) is 5.75 Å². The molecule has 1 aromatic carbocycles. The Kier molecular flexibility index (Phi) is 6.17. The highest BCUT2D eigenvalue weighted by Gasteiger charge is 2.23. The van der Waals surface area contributed by atoms with E-state index in [0.29, 0.717) is 31.2 Å². The topological polar surface area (TPSA) is 51.9 Å². The smallest absolute Gasteiger partial charge is 0.263 e. The minimum atomic E-state index is -0.747. The van der Waals surface area contributed by atoms with E-state index in [0.717, 1.165) is 0 Å². The molecule has 0 aliphatic heterocycles. The molecule has 1 atom stereocenters. The van der Waals surface area contributed by atoms with Crippen molar-refractivity contribution in [1.29, 1.82) is 0 Å². The zero-order valence-corrected chi connectivity index (χ0v) is 13.2. The predicted octanol–water partition coefficient (Wildman–Crippen LogP) is 2.86. The van der Waals surface area contributed by atoms with Crippen LogP contribution in [0.2, 0.25) is 0 Å². The number of carbonyl (C=O) groups is 1. The molecule has 1 heterocycles. The van der Waals surface area contributed by atoms with Crippen LogP contribution in [0.15, 0.2) is 47.1 Å². The number of methoxy groups -OCH3 is 1. The quantitative estimate of drug-likeness (QED) is 0.750. The van der Waals surface area contributed by atoms with Crippen molar-refractivity contribution in [2.75, 3.05) is 20.3 Å². The normalized spacial score (nSPS) is 12.0. The summed E-state index contributed by atoms with van der Waals surface area (Å²) >= 11 is 0. The number of carbonyl (C=O) groups excluding carboxylic acids is 1. The highest BCUT2D eigenvalue weighted by atomic mass is 19.1. The molecule has 0 spiro atoms. The number of furan rings is 1. The fourth-order valence-electron chi connectivity index (χ4n) is 2.11.